The molecule has 8 heteroatoms. The SMILES string of the molecule is C=C1c2cc(SNC3(C)CC3)sc2N(Cc2ccc(OC3CC3)cc2)C(=C)N1Cc1cnn(C)c1. The molecule has 2 aliphatic carbocycles. The molecule has 35 heavy (non-hydrogen) atoms. The van der Waals surface area contributed by atoms with Crippen molar-refractivity contribution in [1.29, 1.82) is 0 Å². The summed E-state index contributed by atoms with van der Waals surface area (Å²) >= 11 is 3.55. The predicted molar refractivity (Wildman–Crippen MR) is 144 cm³/mol. The standard InChI is InChI=1S/C27H31N5OS2/c1-18-24-13-25(35-29-27(3)11-12-27)34-26(24)32(19(2)31(18)17-21-14-28-30(4)15-21)16-20-5-7-22(8-6-20)33-23-9-10-23/h5-8,13-15,23,29H,1-2,9-12,16-17H2,3-4H3. The van der Waals surface area contributed by atoms with Crippen LogP contribution < -0.4 is 14.4 Å². The Balaban J connectivity index is 1.28. The van der Waals surface area contributed by atoms with Gasteiger partial charge in [-0.15, -0.1) is 11.3 Å². The van der Waals surface area contributed by atoms with Crippen LogP contribution in [0.15, 0.2) is 65.9 Å². The van der Waals surface area contributed by atoms with Crippen molar-refractivity contribution in [2.45, 2.75) is 61.5 Å². The minimum atomic E-state index is 0.270. The van der Waals surface area contributed by atoms with Crippen LogP contribution in [0.25, 0.3) is 5.70 Å². The van der Waals surface area contributed by atoms with E-state index in [0.29, 0.717) is 12.6 Å². The maximum Gasteiger partial charge on any atom is 0.119 e. The molecule has 0 spiro atoms. The Kier molecular flexibility index (Phi) is 5.70. The predicted octanol–water partition coefficient (Wildman–Crippen LogP) is 6.14. The van der Waals surface area contributed by atoms with E-state index in [0.717, 1.165) is 29.4 Å². The van der Waals surface area contributed by atoms with E-state index < -0.39 is 0 Å². The van der Waals surface area contributed by atoms with Gasteiger partial charge >= 0.3 is 0 Å². The molecule has 0 amide bonds. The second-order valence-corrected chi connectivity index (χ2v) is 12.2. The van der Waals surface area contributed by atoms with Crippen molar-refractivity contribution in [2.75, 3.05) is 4.90 Å². The fourth-order valence-electron chi connectivity index (χ4n) is 4.16. The molecule has 3 aromatic rings. The van der Waals surface area contributed by atoms with Gasteiger partial charge in [-0.3, -0.25) is 9.40 Å². The first kappa shape index (κ1) is 22.8. The first-order valence-electron chi connectivity index (χ1n) is 12.1. The van der Waals surface area contributed by atoms with Crippen LogP contribution in [0.3, 0.4) is 0 Å². The second kappa shape index (κ2) is 8.76. The third-order valence-electron chi connectivity index (χ3n) is 6.78. The molecule has 6 rings (SSSR count). The van der Waals surface area contributed by atoms with Crippen LogP contribution in [0.1, 0.15) is 49.3 Å². The third-order valence-corrected chi connectivity index (χ3v) is 9.15. The number of hydrogen-bond acceptors (Lipinski definition) is 7. The number of hydrogen-bond donors (Lipinski definition) is 1. The Morgan fingerprint density at radius 2 is 1.89 bits per heavy atom. The molecular weight excluding hydrogens is 474 g/mol. The summed E-state index contributed by atoms with van der Waals surface area (Å²) in [5.41, 5.74) is 4.78. The van der Waals surface area contributed by atoms with E-state index in [1.54, 1.807) is 11.9 Å². The van der Waals surface area contributed by atoms with Crippen LogP contribution >= 0.6 is 23.3 Å². The first-order valence-corrected chi connectivity index (χ1v) is 13.7. The smallest absolute Gasteiger partial charge is 0.119 e. The zero-order valence-corrected chi connectivity index (χ0v) is 21.9. The van der Waals surface area contributed by atoms with Gasteiger partial charge in [0.1, 0.15) is 16.6 Å². The lowest BCUT2D eigenvalue weighted by molar-refractivity contribution is 0.303. The summed E-state index contributed by atoms with van der Waals surface area (Å²) in [7, 11) is 1.94. The number of rotatable bonds is 9. The fourth-order valence-corrected chi connectivity index (χ4v) is 6.35. The largest absolute Gasteiger partial charge is 0.490 e. The molecule has 1 N–H and O–H groups in total. The molecule has 0 atom stereocenters. The van der Waals surface area contributed by atoms with E-state index in [1.807, 2.05) is 35.5 Å². The highest BCUT2D eigenvalue weighted by molar-refractivity contribution is 7.99. The lowest BCUT2D eigenvalue weighted by Crippen LogP contribution is -2.37. The summed E-state index contributed by atoms with van der Waals surface area (Å²) in [6.07, 6.45) is 9.18. The highest BCUT2D eigenvalue weighted by Gasteiger charge is 2.38. The molecule has 2 fully saturated rings. The average molecular weight is 506 g/mol. The Morgan fingerprint density at radius 3 is 2.54 bits per heavy atom. The van der Waals surface area contributed by atoms with E-state index >= 15 is 0 Å². The van der Waals surface area contributed by atoms with Crippen molar-refractivity contribution >= 4 is 34.0 Å². The highest BCUT2D eigenvalue weighted by atomic mass is 32.2. The van der Waals surface area contributed by atoms with E-state index in [1.165, 1.54) is 46.0 Å². The number of thiophene rings is 1. The van der Waals surface area contributed by atoms with Crippen LogP contribution in [-0.2, 0) is 20.1 Å². The van der Waals surface area contributed by atoms with Gasteiger partial charge in [-0.25, -0.2) is 0 Å². The van der Waals surface area contributed by atoms with Gasteiger partial charge in [0.25, 0.3) is 0 Å². The van der Waals surface area contributed by atoms with E-state index in [-0.39, 0.29) is 5.54 Å². The van der Waals surface area contributed by atoms with Gasteiger partial charge in [0.2, 0.25) is 0 Å². The fraction of sp³-hybridized carbons (Fsp3) is 0.370. The third kappa shape index (κ3) is 4.87. The number of anilines is 1. The molecular formula is C27H31N5OS2. The Hall–Kier alpha value is -2.68. The maximum atomic E-state index is 5.94. The Bertz CT molecular complexity index is 1270. The summed E-state index contributed by atoms with van der Waals surface area (Å²) < 4.78 is 12.7. The van der Waals surface area contributed by atoms with E-state index in [4.69, 9.17) is 4.74 Å². The maximum absolute atomic E-state index is 5.94. The van der Waals surface area contributed by atoms with Gasteiger partial charge in [-0.2, -0.15) is 5.10 Å². The van der Waals surface area contributed by atoms with Crippen molar-refractivity contribution in [3.63, 3.8) is 0 Å². The lowest BCUT2D eigenvalue weighted by Gasteiger charge is -2.40. The topological polar surface area (TPSA) is 45.6 Å². The molecule has 2 aromatic heterocycles. The van der Waals surface area contributed by atoms with Crippen LogP contribution in [0.5, 0.6) is 5.75 Å². The molecule has 182 valence electrons. The van der Waals surface area contributed by atoms with Gasteiger partial charge in [-0.1, -0.05) is 25.3 Å². The average Bonchev–Trinajstić information content (AvgIpc) is 3.72. The zero-order chi connectivity index (χ0) is 24.2. The lowest BCUT2D eigenvalue weighted by atomic mass is 10.1. The van der Waals surface area contributed by atoms with Crippen molar-refractivity contribution in [3.05, 3.63) is 78.4 Å². The number of fused-ring (bicyclic) bond motifs is 1. The quantitative estimate of drug-likeness (QED) is 0.353. The van der Waals surface area contributed by atoms with E-state index in [2.05, 4.69) is 70.0 Å². The molecule has 6 nitrogen and oxygen atoms in total. The molecule has 1 aromatic carbocycles. The highest BCUT2D eigenvalue weighted by Crippen LogP contribution is 2.48. The molecule has 0 saturated heterocycles. The van der Waals surface area contributed by atoms with Crippen molar-refractivity contribution in [3.8, 4) is 5.75 Å². The van der Waals surface area contributed by atoms with Gasteiger partial charge in [0, 0.05) is 35.6 Å². The van der Waals surface area contributed by atoms with Crippen molar-refractivity contribution in [1.82, 2.24) is 19.4 Å². The minimum absolute atomic E-state index is 0.270. The Labute approximate surface area is 215 Å². The molecule has 0 radical (unpaired) electrons. The molecule has 2 saturated carbocycles. The number of nitrogens with zero attached hydrogens (tertiary/aromatic N) is 4. The molecule has 0 unspecified atom stereocenters. The number of aromatic nitrogens is 2. The molecule has 3 aliphatic rings. The number of aryl methyl sites for hydroxylation is 1. The number of nitrogens with one attached hydrogen (secondary N) is 1. The van der Waals surface area contributed by atoms with Crippen LogP contribution in [0, 0.1) is 0 Å². The normalized spacial score (nSPS) is 18.7. The number of benzene rings is 1. The minimum Gasteiger partial charge on any atom is -0.490 e. The summed E-state index contributed by atoms with van der Waals surface area (Å²) in [4.78, 5) is 4.53. The van der Waals surface area contributed by atoms with Crippen molar-refractivity contribution < 1.29 is 4.74 Å². The molecule has 0 bridgehead atoms. The summed E-state index contributed by atoms with van der Waals surface area (Å²) in [6.45, 7) is 12.7. The number of ether oxygens (including phenoxy) is 1. The van der Waals surface area contributed by atoms with E-state index in [9.17, 15) is 0 Å². The monoisotopic (exact) mass is 505 g/mol. The second-order valence-electron chi connectivity index (χ2n) is 10.1. The van der Waals surface area contributed by atoms with Crippen LogP contribution in [-0.4, -0.2) is 26.3 Å². The van der Waals surface area contributed by atoms with Crippen LogP contribution in [0.4, 0.5) is 5.00 Å². The van der Waals surface area contributed by atoms with Crippen LogP contribution in [0.2, 0.25) is 0 Å². The zero-order valence-electron chi connectivity index (χ0n) is 20.3. The van der Waals surface area contributed by atoms with Gasteiger partial charge in [0.05, 0.1) is 29.6 Å². The van der Waals surface area contributed by atoms with Gasteiger partial charge in [-0.05, 0) is 68.3 Å². The first-order chi connectivity index (χ1) is 16.9. The summed E-state index contributed by atoms with van der Waals surface area (Å²) in [6, 6.07) is 10.8. The summed E-state index contributed by atoms with van der Waals surface area (Å²) in [5.74, 6) is 1.89. The Morgan fingerprint density at radius 1 is 1.14 bits per heavy atom. The van der Waals surface area contributed by atoms with Gasteiger partial charge < -0.3 is 14.5 Å². The van der Waals surface area contributed by atoms with Gasteiger partial charge in [0.15, 0.2) is 0 Å². The molecule has 1 aliphatic heterocycles. The summed E-state index contributed by atoms with van der Waals surface area (Å²) in [5, 5.41) is 5.55. The molecule has 3 heterocycles. The van der Waals surface area contributed by atoms with Crippen molar-refractivity contribution in [2.24, 2.45) is 7.05 Å².